The van der Waals surface area contributed by atoms with Crippen LogP contribution in [0.2, 0.25) is 0 Å². The first kappa shape index (κ1) is 15.5. The van der Waals surface area contributed by atoms with E-state index in [2.05, 4.69) is 5.32 Å². The summed E-state index contributed by atoms with van der Waals surface area (Å²) in [7, 11) is 0. The number of likely N-dealkylation sites (tertiary alicyclic amines) is 1. The van der Waals surface area contributed by atoms with E-state index < -0.39 is 0 Å². The predicted molar refractivity (Wildman–Crippen MR) is 81.4 cm³/mol. The molecule has 0 aromatic heterocycles. The van der Waals surface area contributed by atoms with Gasteiger partial charge in [0.2, 0.25) is 11.8 Å². The van der Waals surface area contributed by atoms with Crippen LogP contribution in [0.1, 0.15) is 37.3 Å². The maximum atomic E-state index is 11.8. The predicted octanol–water partition coefficient (Wildman–Crippen LogP) is 1.21. The van der Waals surface area contributed by atoms with Crippen molar-refractivity contribution in [3.8, 4) is 0 Å². The Morgan fingerprint density at radius 3 is 2.52 bits per heavy atom. The van der Waals surface area contributed by atoms with E-state index >= 15 is 0 Å². The Labute approximate surface area is 125 Å². The minimum Gasteiger partial charge on any atom is -0.347 e. The third kappa shape index (κ3) is 4.86. The molecule has 1 fully saturated rings. The van der Waals surface area contributed by atoms with Gasteiger partial charge in [-0.3, -0.25) is 9.59 Å². The van der Waals surface area contributed by atoms with Gasteiger partial charge in [-0.15, -0.1) is 0 Å². The van der Waals surface area contributed by atoms with Gasteiger partial charge in [0.25, 0.3) is 0 Å². The molecule has 1 heterocycles. The molecule has 114 valence electrons. The quantitative estimate of drug-likeness (QED) is 0.826. The van der Waals surface area contributed by atoms with Crippen LogP contribution in [0.5, 0.6) is 0 Å². The lowest BCUT2D eigenvalue weighted by molar-refractivity contribution is -0.132. The fourth-order valence-corrected chi connectivity index (χ4v) is 2.49. The summed E-state index contributed by atoms with van der Waals surface area (Å²) in [6.45, 7) is 1.72. The largest absolute Gasteiger partial charge is 0.347 e. The fourth-order valence-electron chi connectivity index (χ4n) is 2.49. The summed E-state index contributed by atoms with van der Waals surface area (Å²) in [5.74, 6) is -0.109. The molecule has 1 aliphatic heterocycles. The molecule has 0 bridgehead atoms. The molecule has 1 unspecified atom stereocenters. The van der Waals surface area contributed by atoms with Crippen LogP contribution in [0.25, 0.3) is 0 Å². The Kier molecular flexibility index (Phi) is 5.75. The van der Waals surface area contributed by atoms with Crippen molar-refractivity contribution < 1.29 is 9.59 Å². The van der Waals surface area contributed by atoms with E-state index in [9.17, 15) is 9.59 Å². The second-order valence-corrected chi connectivity index (χ2v) is 5.42. The molecular formula is C16H23N3O2. The summed E-state index contributed by atoms with van der Waals surface area (Å²) in [6, 6.07) is 9.58. The van der Waals surface area contributed by atoms with E-state index in [0.717, 1.165) is 31.5 Å². The summed E-state index contributed by atoms with van der Waals surface area (Å²) in [4.78, 5) is 25.4. The van der Waals surface area contributed by atoms with Crippen molar-refractivity contribution in [2.24, 2.45) is 5.73 Å². The lowest BCUT2D eigenvalue weighted by atomic mass is 10.0. The first-order chi connectivity index (χ1) is 10.2. The van der Waals surface area contributed by atoms with Crippen molar-refractivity contribution in [2.75, 3.05) is 19.6 Å². The number of hydrogen-bond donors (Lipinski definition) is 2. The van der Waals surface area contributed by atoms with Gasteiger partial charge in [-0.25, -0.2) is 0 Å². The van der Waals surface area contributed by atoms with Crippen LogP contribution in [0.15, 0.2) is 30.3 Å². The van der Waals surface area contributed by atoms with Gasteiger partial charge in [0.1, 0.15) is 0 Å². The molecule has 0 aliphatic carbocycles. The maximum absolute atomic E-state index is 11.8. The number of carbonyl (C=O) groups excluding carboxylic acids is 2. The van der Waals surface area contributed by atoms with E-state index in [4.69, 9.17) is 5.73 Å². The highest BCUT2D eigenvalue weighted by Crippen LogP contribution is 2.14. The van der Waals surface area contributed by atoms with Gasteiger partial charge in [0.05, 0.1) is 6.54 Å². The van der Waals surface area contributed by atoms with Gasteiger partial charge in [-0.1, -0.05) is 30.3 Å². The van der Waals surface area contributed by atoms with Crippen LogP contribution < -0.4 is 11.1 Å². The van der Waals surface area contributed by atoms with E-state index in [1.165, 1.54) is 0 Å². The van der Waals surface area contributed by atoms with E-state index in [1.807, 2.05) is 30.3 Å². The van der Waals surface area contributed by atoms with Crippen molar-refractivity contribution in [3.63, 3.8) is 0 Å². The Morgan fingerprint density at radius 1 is 1.19 bits per heavy atom. The van der Waals surface area contributed by atoms with Crippen molar-refractivity contribution in [1.29, 1.82) is 0 Å². The number of amides is 2. The second-order valence-electron chi connectivity index (χ2n) is 5.42. The first-order valence-corrected chi connectivity index (χ1v) is 7.52. The lowest BCUT2D eigenvalue weighted by Crippen LogP contribution is -2.38. The standard InChI is InChI=1S/C16H23N3O2/c17-14(13-6-2-1-3-7-13)8-9-15(20)18-12-16(21)19-10-4-5-11-19/h1-3,6-7,14H,4-5,8-12,17H2,(H,18,20). The van der Waals surface area contributed by atoms with Gasteiger partial charge < -0.3 is 16.0 Å². The van der Waals surface area contributed by atoms with Gasteiger partial charge in [0, 0.05) is 25.6 Å². The van der Waals surface area contributed by atoms with Gasteiger partial charge in [-0.05, 0) is 24.8 Å². The fraction of sp³-hybridized carbons (Fsp3) is 0.500. The van der Waals surface area contributed by atoms with Crippen LogP contribution in [0, 0.1) is 0 Å². The number of nitrogens with one attached hydrogen (secondary N) is 1. The molecule has 1 aromatic carbocycles. The Bertz CT molecular complexity index is 470. The molecule has 1 aromatic rings. The zero-order valence-electron chi connectivity index (χ0n) is 12.3. The summed E-state index contributed by atoms with van der Waals surface area (Å²) in [5.41, 5.74) is 7.07. The topological polar surface area (TPSA) is 75.4 Å². The van der Waals surface area contributed by atoms with E-state index in [-0.39, 0.29) is 24.4 Å². The van der Waals surface area contributed by atoms with Crippen LogP contribution in [-0.4, -0.2) is 36.3 Å². The summed E-state index contributed by atoms with van der Waals surface area (Å²) >= 11 is 0. The Hall–Kier alpha value is -1.88. The second kappa shape index (κ2) is 7.78. The molecule has 1 saturated heterocycles. The zero-order chi connectivity index (χ0) is 15.1. The Morgan fingerprint density at radius 2 is 1.86 bits per heavy atom. The molecule has 5 heteroatoms. The zero-order valence-corrected chi connectivity index (χ0v) is 12.3. The Balaban J connectivity index is 1.66. The molecule has 1 atom stereocenters. The lowest BCUT2D eigenvalue weighted by Gasteiger charge is -2.16. The third-order valence-corrected chi connectivity index (χ3v) is 3.81. The number of nitrogens with zero attached hydrogens (tertiary/aromatic N) is 1. The molecule has 1 aliphatic rings. The van der Waals surface area contributed by atoms with E-state index in [1.54, 1.807) is 4.90 Å². The number of hydrogen-bond acceptors (Lipinski definition) is 3. The SMILES string of the molecule is NC(CCC(=O)NCC(=O)N1CCCC1)c1ccccc1. The highest BCUT2D eigenvalue weighted by atomic mass is 16.2. The van der Waals surface area contributed by atoms with Crippen molar-refractivity contribution >= 4 is 11.8 Å². The number of carbonyl (C=O) groups is 2. The van der Waals surface area contributed by atoms with Gasteiger partial charge >= 0.3 is 0 Å². The smallest absolute Gasteiger partial charge is 0.241 e. The maximum Gasteiger partial charge on any atom is 0.241 e. The van der Waals surface area contributed by atoms with Crippen molar-refractivity contribution in [2.45, 2.75) is 31.7 Å². The minimum absolute atomic E-state index is 0.00760. The molecule has 2 rings (SSSR count). The average molecular weight is 289 g/mol. The van der Waals surface area contributed by atoms with Crippen molar-refractivity contribution in [3.05, 3.63) is 35.9 Å². The molecule has 0 radical (unpaired) electrons. The summed E-state index contributed by atoms with van der Waals surface area (Å²) in [5, 5.41) is 2.68. The normalized spacial score (nSPS) is 15.8. The van der Waals surface area contributed by atoms with Crippen LogP contribution in [0.4, 0.5) is 0 Å². The van der Waals surface area contributed by atoms with Gasteiger partial charge in [-0.2, -0.15) is 0 Å². The molecule has 0 spiro atoms. The van der Waals surface area contributed by atoms with Crippen LogP contribution >= 0.6 is 0 Å². The minimum atomic E-state index is -0.147. The molecule has 5 nitrogen and oxygen atoms in total. The molecule has 0 saturated carbocycles. The molecule has 3 N–H and O–H groups in total. The summed E-state index contributed by atoms with van der Waals surface area (Å²) in [6.07, 6.45) is 3.04. The third-order valence-electron chi connectivity index (χ3n) is 3.81. The average Bonchev–Trinajstić information content (AvgIpc) is 3.05. The molecule has 21 heavy (non-hydrogen) atoms. The summed E-state index contributed by atoms with van der Waals surface area (Å²) < 4.78 is 0. The number of nitrogens with two attached hydrogens (primary N) is 1. The highest BCUT2D eigenvalue weighted by Gasteiger charge is 2.18. The highest BCUT2D eigenvalue weighted by molar-refractivity contribution is 5.84. The monoisotopic (exact) mass is 289 g/mol. The van der Waals surface area contributed by atoms with Gasteiger partial charge in [0.15, 0.2) is 0 Å². The number of rotatable bonds is 6. The first-order valence-electron chi connectivity index (χ1n) is 7.52. The number of benzene rings is 1. The molecular weight excluding hydrogens is 266 g/mol. The van der Waals surface area contributed by atoms with Crippen LogP contribution in [0.3, 0.4) is 0 Å². The molecule has 2 amide bonds. The van der Waals surface area contributed by atoms with Crippen molar-refractivity contribution in [1.82, 2.24) is 10.2 Å². The van der Waals surface area contributed by atoms with E-state index in [0.29, 0.717) is 12.8 Å². The van der Waals surface area contributed by atoms with Crippen LogP contribution in [-0.2, 0) is 9.59 Å².